The second kappa shape index (κ2) is 8.80. The predicted molar refractivity (Wildman–Crippen MR) is 89.1 cm³/mol. The van der Waals surface area contributed by atoms with E-state index < -0.39 is 0 Å². The fraction of sp³-hybridized carbons (Fsp3) is 0.800. The lowest BCUT2D eigenvalue weighted by atomic mass is 10.1. The van der Waals surface area contributed by atoms with Crippen LogP contribution in [-0.2, 0) is 13.0 Å². The van der Waals surface area contributed by atoms with Gasteiger partial charge in [-0.05, 0) is 61.4 Å². The van der Waals surface area contributed by atoms with Crippen molar-refractivity contribution in [3.05, 3.63) is 16.4 Å². The summed E-state index contributed by atoms with van der Waals surface area (Å²) in [7, 11) is 4.19. The van der Waals surface area contributed by atoms with E-state index in [2.05, 4.69) is 70.8 Å². The zero-order valence-electron chi connectivity index (χ0n) is 13.5. The number of likely N-dealkylation sites (N-methyl/N-ethyl adjacent to an activating group) is 1. The summed E-state index contributed by atoms with van der Waals surface area (Å²) in [5.74, 6) is 1.32. The quantitative estimate of drug-likeness (QED) is 0.747. The summed E-state index contributed by atoms with van der Waals surface area (Å²) in [5.41, 5.74) is 1.31. The molecule has 0 bridgehead atoms. The fourth-order valence-electron chi connectivity index (χ4n) is 2.10. The van der Waals surface area contributed by atoms with Gasteiger partial charge in [-0.15, -0.1) is 0 Å². The van der Waals surface area contributed by atoms with E-state index in [1.165, 1.54) is 5.69 Å². The second-order valence-corrected chi connectivity index (χ2v) is 7.18. The number of aromatic nitrogens is 2. The van der Waals surface area contributed by atoms with Crippen molar-refractivity contribution in [2.75, 3.05) is 33.7 Å². The van der Waals surface area contributed by atoms with Crippen LogP contribution in [0.2, 0.25) is 0 Å². The van der Waals surface area contributed by atoms with Gasteiger partial charge in [-0.2, -0.15) is 5.10 Å². The smallest absolute Gasteiger partial charge is 0.0635 e. The minimum atomic E-state index is 0.611. The lowest BCUT2D eigenvalue weighted by Gasteiger charge is -2.16. The number of hydrogen-bond donors (Lipinski definition) is 1. The Labute approximate surface area is 132 Å². The second-order valence-electron chi connectivity index (χ2n) is 6.33. The Balaban J connectivity index is 2.50. The fourth-order valence-corrected chi connectivity index (χ4v) is 2.56. The maximum Gasteiger partial charge on any atom is 0.0635 e. The Morgan fingerprint density at radius 1 is 1.30 bits per heavy atom. The van der Waals surface area contributed by atoms with Crippen LogP contribution >= 0.6 is 15.9 Å². The van der Waals surface area contributed by atoms with Gasteiger partial charge in [0, 0.05) is 6.54 Å². The third-order valence-corrected chi connectivity index (χ3v) is 3.91. The van der Waals surface area contributed by atoms with E-state index in [4.69, 9.17) is 0 Å². The molecule has 0 saturated carbocycles. The van der Waals surface area contributed by atoms with Crippen molar-refractivity contribution in [1.82, 2.24) is 20.0 Å². The average Bonchev–Trinajstić information content (AvgIpc) is 2.68. The predicted octanol–water partition coefficient (Wildman–Crippen LogP) is 2.63. The number of rotatable bonds is 9. The minimum absolute atomic E-state index is 0.611. The van der Waals surface area contributed by atoms with Gasteiger partial charge >= 0.3 is 0 Å². The molecule has 0 spiro atoms. The topological polar surface area (TPSA) is 33.1 Å². The Hall–Kier alpha value is -0.390. The SMILES string of the molecule is CC(C)CNCC(C)Cc1c(Br)cnn1CCN(C)C. The number of nitrogens with one attached hydrogen (secondary N) is 1. The summed E-state index contributed by atoms with van der Waals surface area (Å²) in [5, 5.41) is 8.00. The molecule has 1 unspecified atom stereocenters. The molecular formula is C15H29BrN4. The molecular weight excluding hydrogens is 316 g/mol. The monoisotopic (exact) mass is 344 g/mol. The zero-order valence-corrected chi connectivity index (χ0v) is 15.1. The van der Waals surface area contributed by atoms with Gasteiger partial charge in [0.1, 0.15) is 0 Å². The van der Waals surface area contributed by atoms with E-state index in [0.29, 0.717) is 11.8 Å². The van der Waals surface area contributed by atoms with E-state index in [1.54, 1.807) is 0 Å². The molecule has 1 rings (SSSR count). The standard InChI is InChI=1S/C15H29BrN4/c1-12(2)9-17-10-13(3)8-15-14(16)11-18-20(15)7-6-19(4)5/h11-13,17H,6-10H2,1-5H3. The number of hydrogen-bond acceptors (Lipinski definition) is 3. The zero-order chi connectivity index (χ0) is 15.1. The largest absolute Gasteiger partial charge is 0.316 e. The molecule has 0 aliphatic rings. The van der Waals surface area contributed by atoms with Crippen molar-refractivity contribution < 1.29 is 0 Å². The van der Waals surface area contributed by atoms with Crippen LogP contribution in [0, 0.1) is 11.8 Å². The molecule has 0 aliphatic carbocycles. The van der Waals surface area contributed by atoms with Crippen molar-refractivity contribution in [2.24, 2.45) is 11.8 Å². The van der Waals surface area contributed by atoms with Gasteiger partial charge in [-0.3, -0.25) is 4.68 Å². The van der Waals surface area contributed by atoms with Gasteiger partial charge in [0.05, 0.1) is 22.9 Å². The average molecular weight is 345 g/mol. The highest BCUT2D eigenvalue weighted by Gasteiger charge is 2.13. The maximum atomic E-state index is 4.47. The lowest BCUT2D eigenvalue weighted by Crippen LogP contribution is -2.27. The van der Waals surface area contributed by atoms with Gasteiger partial charge in [-0.25, -0.2) is 0 Å². The third-order valence-electron chi connectivity index (χ3n) is 3.24. The first-order chi connectivity index (χ1) is 9.40. The van der Waals surface area contributed by atoms with Crippen molar-refractivity contribution in [1.29, 1.82) is 0 Å². The normalized spacial score (nSPS) is 13.4. The van der Waals surface area contributed by atoms with Crippen molar-refractivity contribution >= 4 is 15.9 Å². The van der Waals surface area contributed by atoms with Crippen LogP contribution in [0.5, 0.6) is 0 Å². The summed E-state index contributed by atoms with van der Waals surface area (Å²) in [4.78, 5) is 2.19. The highest BCUT2D eigenvalue weighted by molar-refractivity contribution is 9.10. The first-order valence-electron chi connectivity index (χ1n) is 7.45. The van der Waals surface area contributed by atoms with Gasteiger partial charge in [0.25, 0.3) is 0 Å². The van der Waals surface area contributed by atoms with E-state index in [0.717, 1.165) is 37.1 Å². The molecule has 0 aliphatic heterocycles. The van der Waals surface area contributed by atoms with E-state index in [-0.39, 0.29) is 0 Å². The number of halogens is 1. The van der Waals surface area contributed by atoms with E-state index in [1.807, 2.05) is 6.20 Å². The number of nitrogens with zero attached hydrogens (tertiary/aromatic N) is 3. The molecule has 4 nitrogen and oxygen atoms in total. The van der Waals surface area contributed by atoms with Crippen LogP contribution < -0.4 is 5.32 Å². The highest BCUT2D eigenvalue weighted by Crippen LogP contribution is 2.19. The molecule has 0 fully saturated rings. The van der Waals surface area contributed by atoms with Crippen LogP contribution in [0.15, 0.2) is 10.7 Å². The maximum absolute atomic E-state index is 4.47. The summed E-state index contributed by atoms with van der Waals surface area (Å²) in [6.07, 6.45) is 2.97. The Kier molecular flexibility index (Phi) is 7.77. The summed E-state index contributed by atoms with van der Waals surface area (Å²) in [6, 6.07) is 0. The van der Waals surface area contributed by atoms with E-state index in [9.17, 15) is 0 Å². The van der Waals surface area contributed by atoms with Crippen LogP contribution in [0.1, 0.15) is 26.5 Å². The lowest BCUT2D eigenvalue weighted by molar-refractivity contribution is 0.365. The van der Waals surface area contributed by atoms with Gasteiger partial charge in [-0.1, -0.05) is 20.8 Å². The molecule has 0 radical (unpaired) electrons. The van der Waals surface area contributed by atoms with Gasteiger partial charge < -0.3 is 10.2 Å². The molecule has 1 aromatic rings. The van der Waals surface area contributed by atoms with Crippen molar-refractivity contribution in [3.8, 4) is 0 Å². The van der Waals surface area contributed by atoms with Gasteiger partial charge in [0.2, 0.25) is 0 Å². The highest BCUT2D eigenvalue weighted by atomic mass is 79.9. The van der Waals surface area contributed by atoms with Crippen LogP contribution in [-0.4, -0.2) is 48.4 Å². The van der Waals surface area contributed by atoms with Crippen molar-refractivity contribution in [2.45, 2.75) is 33.7 Å². The van der Waals surface area contributed by atoms with Crippen LogP contribution in [0.4, 0.5) is 0 Å². The van der Waals surface area contributed by atoms with E-state index >= 15 is 0 Å². The van der Waals surface area contributed by atoms with Gasteiger partial charge in [0.15, 0.2) is 0 Å². The molecule has 20 heavy (non-hydrogen) atoms. The summed E-state index contributed by atoms with van der Waals surface area (Å²) < 4.78 is 3.26. The summed E-state index contributed by atoms with van der Waals surface area (Å²) >= 11 is 3.63. The molecule has 116 valence electrons. The molecule has 1 atom stereocenters. The Morgan fingerprint density at radius 2 is 2.00 bits per heavy atom. The first-order valence-corrected chi connectivity index (χ1v) is 8.25. The molecule has 1 aromatic heterocycles. The molecule has 0 amide bonds. The third kappa shape index (κ3) is 6.37. The first kappa shape index (κ1) is 17.7. The molecule has 1 heterocycles. The minimum Gasteiger partial charge on any atom is -0.316 e. The molecule has 5 heteroatoms. The van der Waals surface area contributed by atoms with Crippen LogP contribution in [0.25, 0.3) is 0 Å². The van der Waals surface area contributed by atoms with Crippen LogP contribution in [0.3, 0.4) is 0 Å². The summed E-state index contributed by atoms with van der Waals surface area (Å²) in [6.45, 7) is 10.9. The molecule has 0 saturated heterocycles. The Bertz CT molecular complexity index is 387. The van der Waals surface area contributed by atoms with Crippen molar-refractivity contribution in [3.63, 3.8) is 0 Å². The molecule has 1 N–H and O–H groups in total. The Morgan fingerprint density at radius 3 is 2.60 bits per heavy atom. The molecule has 0 aromatic carbocycles.